The summed E-state index contributed by atoms with van der Waals surface area (Å²) in [7, 11) is 3.93. The van der Waals surface area contributed by atoms with Gasteiger partial charge in [0.05, 0.1) is 11.1 Å². The van der Waals surface area contributed by atoms with E-state index in [-0.39, 0.29) is 43.5 Å². The quantitative estimate of drug-likeness (QED) is 0.520. The van der Waals surface area contributed by atoms with E-state index in [1.165, 1.54) is 4.90 Å². The number of carbonyl (C=O) groups excluding carboxylic acids is 3. The number of hydrogen-bond acceptors (Lipinski definition) is 7. The number of benzene rings is 1. The number of cyclic esters (lactones) is 1. The molecule has 10 heteroatoms. The second-order valence-electron chi connectivity index (χ2n) is 9.00. The van der Waals surface area contributed by atoms with Gasteiger partial charge in [0.1, 0.15) is 18.4 Å². The van der Waals surface area contributed by atoms with Crippen LogP contribution in [0.3, 0.4) is 0 Å². The molecule has 3 aliphatic rings. The van der Waals surface area contributed by atoms with E-state index in [9.17, 15) is 14.4 Å². The molecule has 10 nitrogen and oxygen atoms in total. The number of carbonyl (C=O) groups is 4. The van der Waals surface area contributed by atoms with Crippen LogP contribution in [-0.2, 0) is 23.9 Å². The lowest BCUT2D eigenvalue weighted by Gasteiger charge is -2.38. The Morgan fingerprint density at radius 3 is 2.58 bits per heavy atom. The van der Waals surface area contributed by atoms with Crippen molar-refractivity contribution in [2.75, 3.05) is 51.8 Å². The lowest BCUT2D eigenvalue weighted by molar-refractivity contribution is -0.152. The highest BCUT2D eigenvalue weighted by molar-refractivity contribution is 6.02. The number of carboxylic acid groups (broad SMARTS) is 1. The topological polar surface area (TPSA) is 117 Å². The van der Waals surface area contributed by atoms with Crippen molar-refractivity contribution < 1.29 is 33.8 Å². The van der Waals surface area contributed by atoms with Crippen LogP contribution in [0.15, 0.2) is 18.2 Å². The first kappa shape index (κ1) is 24.5. The number of anilines is 1. The molecular weight excluding hydrogens is 430 g/mol. The molecule has 1 N–H and O–H groups in total. The molecule has 2 amide bonds. The van der Waals surface area contributed by atoms with Gasteiger partial charge in [-0.05, 0) is 51.6 Å². The van der Waals surface area contributed by atoms with E-state index >= 15 is 0 Å². The van der Waals surface area contributed by atoms with Crippen molar-refractivity contribution in [2.45, 2.75) is 32.3 Å². The molecule has 3 heterocycles. The smallest absolute Gasteiger partial charge is 0.312 e. The summed E-state index contributed by atoms with van der Waals surface area (Å²) in [4.78, 5) is 51.6. The fourth-order valence-corrected chi connectivity index (χ4v) is 4.66. The van der Waals surface area contributed by atoms with Crippen LogP contribution in [0.4, 0.5) is 5.69 Å². The van der Waals surface area contributed by atoms with Gasteiger partial charge in [-0.1, -0.05) is 6.07 Å². The number of likely N-dealkylation sites (N-methyl/N-ethyl adjacent to an activating group) is 1. The number of aryl methyl sites for hydroxylation is 1. The van der Waals surface area contributed by atoms with Crippen LogP contribution in [0.1, 0.15) is 24.8 Å². The maximum atomic E-state index is 13.0. The van der Waals surface area contributed by atoms with Crippen LogP contribution in [0.25, 0.3) is 0 Å². The minimum atomic E-state index is -0.476. The van der Waals surface area contributed by atoms with Gasteiger partial charge in [-0.2, -0.15) is 0 Å². The van der Waals surface area contributed by atoms with Crippen LogP contribution in [0, 0.1) is 12.3 Å². The van der Waals surface area contributed by atoms with E-state index in [1.54, 1.807) is 4.90 Å². The number of likely N-dealkylation sites (tertiary alicyclic amines) is 1. The zero-order valence-corrected chi connectivity index (χ0v) is 19.3. The van der Waals surface area contributed by atoms with Crippen molar-refractivity contribution in [2.24, 2.45) is 5.41 Å². The first-order valence-corrected chi connectivity index (χ1v) is 10.9. The molecule has 33 heavy (non-hydrogen) atoms. The molecule has 2 fully saturated rings. The Morgan fingerprint density at radius 2 is 1.94 bits per heavy atom. The molecule has 1 atom stereocenters. The molecule has 0 aromatic heterocycles. The maximum absolute atomic E-state index is 13.0. The molecule has 4 rings (SSSR count). The van der Waals surface area contributed by atoms with E-state index in [4.69, 9.17) is 19.4 Å². The number of amides is 2. The fourth-order valence-electron chi connectivity index (χ4n) is 4.66. The summed E-state index contributed by atoms with van der Waals surface area (Å²) in [6.45, 7) is 3.33. The number of ether oxygens (including phenoxy) is 2. The number of piperidine rings is 1. The third-order valence-corrected chi connectivity index (χ3v) is 6.32. The van der Waals surface area contributed by atoms with E-state index in [1.807, 2.05) is 44.1 Å². The first-order valence-electron chi connectivity index (χ1n) is 10.9. The summed E-state index contributed by atoms with van der Waals surface area (Å²) >= 11 is 0. The van der Waals surface area contributed by atoms with Crippen LogP contribution >= 0.6 is 0 Å². The second-order valence-corrected chi connectivity index (χ2v) is 9.00. The Labute approximate surface area is 193 Å². The Bertz CT molecular complexity index is 909. The molecule has 1 spiro atoms. The van der Waals surface area contributed by atoms with E-state index < -0.39 is 5.41 Å². The predicted octanol–water partition coefficient (Wildman–Crippen LogP) is 0.907. The third kappa shape index (κ3) is 5.44. The molecule has 0 bridgehead atoms. The molecule has 0 radical (unpaired) electrons. The summed E-state index contributed by atoms with van der Waals surface area (Å²) in [6.07, 6.45) is 1.84. The molecule has 1 aromatic rings. The predicted molar refractivity (Wildman–Crippen MR) is 119 cm³/mol. The van der Waals surface area contributed by atoms with E-state index in [0.717, 1.165) is 5.56 Å². The SMILES string of the molecule is Cc1ccc2c(c1)N(CC(=O)N1CCC3(CC1)CC(CN(C)C)OC3=O)C(=O)CO2.O=CO. The number of fused-ring (bicyclic) bond motifs is 1. The molecule has 0 aliphatic carbocycles. The van der Waals surface area contributed by atoms with Crippen molar-refractivity contribution in [3.05, 3.63) is 23.8 Å². The van der Waals surface area contributed by atoms with Crippen LogP contribution in [0.2, 0.25) is 0 Å². The highest BCUT2D eigenvalue weighted by atomic mass is 16.6. The maximum Gasteiger partial charge on any atom is 0.312 e. The zero-order chi connectivity index (χ0) is 24.2. The fraction of sp³-hybridized carbons (Fsp3) is 0.565. The van der Waals surface area contributed by atoms with Gasteiger partial charge in [0.25, 0.3) is 12.4 Å². The Kier molecular flexibility index (Phi) is 7.57. The normalized spacial score (nSPS) is 21.2. The van der Waals surface area contributed by atoms with Gasteiger partial charge in [-0.25, -0.2) is 0 Å². The number of rotatable bonds is 4. The molecule has 1 aromatic carbocycles. The number of nitrogens with zero attached hydrogens (tertiary/aromatic N) is 3. The average molecular weight is 462 g/mol. The van der Waals surface area contributed by atoms with Crippen LogP contribution in [0.5, 0.6) is 5.75 Å². The minimum absolute atomic E-state index is 0.0145. The molecule has 0 saturated carbocycles. The van der Waals surface area contributed by atoms with E-state index in [2.05, 4.69) is 0 Å². The van der Waals surface area contributed by atoms with Crippen molar-refractivity contribution in [1.82, 2.24) is 9.80 Å². The van der Waals surface area contributed by atoms with Crippen molar-refractivity contribution in [3.8, 4) is 5.75 Å². The summed E-state index contributed by atoms with van der Waals surface area (Å²) in [6, 6.07) is 5.61. The molecule has 2 saturated heterocycles. The van der Waals surface area contributed by atoms with Crippen LogP contribution < -0.4 is 9.64 Å². The van der Waals surface area contributed by atoms with Gasteiger partial charge in [-0.15, -0.1) is 0 Å². The highest BCUT2D eigenvalue weighted by Crippen LogP contribution is 2.43. The standard InChI is InChI=1S/C22H29N3O5.CH2O2/c1-15-4-5-18-17(10-15)25(20(27)14-29-18)13-19(26)24-8-6-22(7-9-24)11-16(12-23(2)3)30-21(22)28;2-1-3/h4-5,10,16H,6-9,11-14H2,1-3H3;1H,(H,2,3). The van der Waals surface area contributed by atoms with Gasteiger partial charge in [0.2, 0.25) is 5.91 Å². The van der Waals surface area contributed by atoms with Gasteiger partial charge in [-0.3, -0.25) is 24.1 Å². The summed E-state index contributed by atoms with van der Waals surface area (Å²) in [5.41, 5.74) is 1.16. The Balaban J connectivity index is 0.000000968. The van der Waals surface area contributed by atoms with Crippen LogP contribution in [-0.4, -0.2) is 92.1 Å². The number of hydrogen-bond donors (Lipinski definition) is 1. The summed E-state index contributed by atoms with van der Waals surface area (Å²) in [5, 5.41) is 6.89. The third-order valence-electron chi connectivity index (χ3n) is 6.32. The number of esters is 1. The molecule has 3 aliphatic heterocycles. The second kappa shape index (κ2) is 10.2. The van der Waals surface area contributed by atoms with Gasteiger partial charge < -0.3 is 24.4 Å². The van der Waals surface area contributed by atoms with Gasteiger partial charge >= 0.3 is 5.97 Å². The minimum Gasteiger partial charge on any atom is -0.483 e. The first-order chi connectivity index (χ1) is 15.7. The Hall–Kier alpha value is -3.14. The lowest BCUT2D eigenvalue weighted by Crippen LogP contribution is -2.50. The molecule has 1 unspecified atom stereocenters. The largest absolute Gasteiger partial charge is 0.483 e. The Morgan fingerprint density at radius 1 is 1.27 bits per heavy atom. The lowest BCUT2D eigenvalue weighted by atomic mass is 9.76. The summed E-state index contributed by atoms with van der Waals surface area (Å²) in [5.74, 6) is 0.157. The zero-order valence-electron chi connectivity index (χ0n) is 19.3. The molecular formula is C23H31N3O7. The van der Waals surface area contributed by atoms with Crippen molar-refractivity contribution >= 4 is 29.9 Å². The monoisotopic (exact) mass is 461 g/mol. The van der Waals surface area contributed by atoms with Gasteiger partial charge in [0.15, 0.2) is 6.61 Å². The molecule has 180 valence electrons. The summed E-state index contributed by atoms with van der Waals surface area (Å²) < 4.78 is 11.1. The average Bonchev–Trinajstić information content (AvgIpc) is 3.04. The van der Waals surface area contributed by atoms with Crippen molar-refractivity contribution in [1.29, 1.82) is 0 Å². The van der Waals surface area contributed by atoms with Crippen molar-refractivity contribution in [3.63, 3.8) is 0 Å². The van der Waals surface area contributed by atoms with Gasteiger partial charge in [0, 0.05) is 26.1 Å². The van der Waals surface area contributed by atoms with E-state index in [0.29, 0.717) is 50.3 Å². The highest BCUT2D eigenvalue weighted by Gasteiger charge is 2.50.